The van der Waals surface area contributed by atoms with Gasteiger partial charge in [-0.1, -0.05) is 0 Å². The van der Waals surface area contributed by atoms with Gasteiger partial charge in [-0.3, -0.25) is 9.89 Å². The number of primary amides is 1. The standard InChI is InChI=1S/C19H18N6O2/c20-18(26)11-1-3-14-13(9-11)17(24-23-14)19-21-15-4-2-12(10-16(15)22-19)25-5-7-27-8-6-25/h1-4,9-10H,5-8H2,(H2,20,26)(H,21,22)(H,23,24). The first-order valence-corrected chi connectivity index (χ1v) is 8.80. The first kappa shape index (κ1) is 15.8. The number of aromatic amines is 2. The van der Waals surface area contributed by atoms with E-state index in [1.54, 1.807) is 18.2 Å². The second-order valence-corrected chi connectivity index (χ2v) is 6.58. The van der Waals surface area contributed by atoms with Crippen LogP contribution in [0.5, 0.6) is 0 Å². The number of hydrogen-bond donors (Lipinski definition) is 3. The van der Waals surface area contributed by atoms with Crippen LogP contribution in [0.3, 0.4) is 0 Å². The number of benzene rings is 2. The fraction of sp³-hybridized carbons (Fsp3) is 0.211. The normalized spacial score (nSPS) is 14.9. The van der Waals surface area contributed by atoms with Crippen molar-refractivity contribution in [3.63, 3.8) is 0 Å². The quantitative estimate of drug-likeness (QED) is 0.516. The summed E-state index contributed by atoms with van der Waals surface area (Å²) < 4.78 is 5.42. The first-order chi connectivity index (χ1) is 13.2. The van der Waals surface area contributed by atoms with E-state index in [-0.39, 0.29) is 0 Å². The Morgan fingerprint density at radius 1 is 1.11 bits per heavy atom. The van der Waals surface area contributed by atoms with Crippen LogP contribution in [0.4, 0.5) is 5.69 Å². The number of aromatic nitrogens is 4. The zero-order valence-electron chi connectivity index (χ0n) is 14.5. The molecule has 3 heterocycles. The lowest BCUT2D eigenvalue weighted by molar-refractivity contribution is 0.100. The topological polar surface area (TPSA) is 113 Å². The molecule has 8 heteroatoms. The molecule has 0 radical (unpaired) electrons. The number of nitrogens with one attached hydrogen (secondary N) is 2. The number of H-pyrrole nitrogens is 2. The van der Waals surface area contributed by atoms with E-state index >= 15 is 0 Å². The number of fused-ring (bicyclic) bond motifs is 2. The molecule has 1 aliphatic heterocycles. The van der Waals surface area contributed by atoms with Gasteiger partial charge in [0.1, 0.15) is 5.69 Å². The van der Waals surface area contributed by atoms with Crippen LogP contribution in [0.1, 0.15) is 10.4 Å². The number of nitrogens with zero attached hydrogens (tertiary/aromatic N) is 3. The summed E-state index contributed by atoms with van der Waals surface area (Å²) in [7, 11) is 0. The van der Waals surface area contributed by atoms with Crippen LogP contribution in [0, 0.1) is 0 Å². The summed E-state index contributed by atoms with van der Waals surface area (Å²) in [5.74, 6) is 0.181. The lowest BCUT2D eigenvalue weighted by atomic mass is 10.1. The number of rotatable bonds is 3. The molecule has 136 valence electrons. The van der Waals surface area contributed by atoms with Gasteiger partial charge >= 0.3 is 0 Å². The maximum atomic E-state index is 11.5. The van der Waals surface area contributed by atoms with Crippen molar-refractivity contribution in [2.24, 2.45) is 5.73 Å². The highest BCUT2D eigenvalue weighted by Crippen LogP contribution is 2.28. The van der Waals surface area contributed by atoms with Crippen LogP contribution in [-0.2, 0) is 4.74 Å². The van der Waals surface area contributed by atoms with Crippen molar-refractivity contribution in [1.82, 2.24) is 20.2 Å². The van der Waals surface area contributed by atoms with Gasteiger partial charge < -0.3 is 20.4 Å². The summed E-state index contributed by atoms with van der Waals surface area (Å²) in [6.07, 6.45) is 0. The molecule has 0 saturated carbocycles. The number of anilines is 1. The fourth-order valence-electron chi connectivity index (χ4n) is 3.48. The summed E-state index contributed by atoms with van der Waals surface area (Å²) in [5.41, 5.74) is 10.3. The van der Waals surface area contributed by atoms with Gasteiger partial charge in [0.05, 0.1) is 29.8 Å². The number of nitrogens with two attached hydrogens (primary N) is 1. The molecule has 2 aromatic carbocycles. The molecule has 1 fully saturated rings. The first-order valence-electron chi connectivity index (χ1n) is 8.80. The third kappa shape index (κ3) is 2.70. The van der Waals surface area contributed by atoms with Crippen LogP contribution in [0.2, 0.25) is 0 Å². The summed E-state index contributed by atoms with van der Waals surface area (Å²) in [6, 6.07) is 11.4. The van der Waals surface area contributed by atoms with Crippen LogP contribution in [-0.4, -0.2) is 52.4 Å². The SMILES string of the molecule is NC(=O)c1ccc2[nH]nc(-c3nc4ccc(N5CCOCC5)cc4[nH]3)c2c1. The summed E-state index contributed by atoms with van der Waals surface area (Å²) in [6.45, 7) is 3.25. The van der Waals surface area contributed by atoms with Crippen LogP contribution < -0.4 is 10.6 Å². The van der Waals surface area contributed by atoms with Crippen LogP contribution in [0.25, 0.3) is 33.5 Å². The number of ether oxygens (including phenoxy) is 1. The fourth-order valence-corrected chi connectivity index (χ4v) is 3.48. The molecule has 2 aromatic heterocycles. The van der Waals surface area contributed by atoms with E-state index in [4.69, 9.17) is 10.5 Å². The van der Waals surface area contributed by atoms with Crippen molar-refractivity contribution in [3.8, 4) is 11.5 Å². The lowest BCUT2D eigenvalue weighted by Crippen LogP contribution is -2.36. The third-order valence-electron chi connectivity index (χ3n) is 4.91. The van der Waals surface area contributed by atoms with E-state index in [1.165, 1.54) is 0 Å². The van der Waals surface area contributed by atoms with E-state index in [2.05, 4.69) is 37.2 Å². The summed E-state index contributed by atoms with van der Waals surface area (Å²) >= 11 is 0. The van der Waals surface area contributed by atoms with Crippen molar-refractivity contribution in [1.29, 1.82) is 0 Å². The minimum absolute atomic E-state index is 0.441. The Morgan fingerprint density at radius 3 is 2.78 bits per heavy atom. The number of hydrogen-bond acceptors (Lipinski definition) is 5. The highest BCUT2D eigenvalue weighted by atomic mass is 16.5. The van der Waals surface area contributed by atoms with Crippen LogP contribution in [0.15, 0.2) is 36.4 Å². The number of carbonyl (C=O) groups is 1. The Kier molecular flexibility index (Phi) is 3.58. The van der Waals surface area contributed by atoms with E-state index in [9.17, 15) is 4.79 Å². The predicted molar refractivity (Wildman–Crippen MR) is 103 cm³/mol. The monoisotopic (exact) mass is 362 g/mol. The Bertz CT molecular complexity index is 1160. The van der Waals surface area contributed by atoms with Gasteiger partial charge in [-0.2, -0.15) is 5.10 Å². The van der Waals surface area contributed by atoms with Gasteiger partial charge in [-0.05, 0) is 36.4 Å². The summed E-state index contributed by atoms with van der Waals surface area (Å²) in [4.78, 5) is 21.8. The highest BCUT2D eigenvalue weighted by molar-refractivity contribution is 6.00. The second kappa shape index (κ2) is 6.10. The van der Waals surface area contributed by atoms with Gasteiger partial charge in [0, 0.05) is 29.7 Å². The van der Waals surface area contributed by atoms with Gasteiger partial charge in [-0.25, -0.2) is 4.98 Å². The van der Waals surface area contributed by atoms with Crippen molar-refractivity contribution in [2.75, 3.05) is 31.2 Å². The molecule has 0 unspecified atom stereocenters. The maximum absolute atomic E-state index is 11.5. The van der Waals surface area contributed by atoms with E-state index in [0.29, 0.717) is 17.1 Å². The Labute approximate surface area is 154 Å². The van der Waals surface area contributed by atoms with E-state index in [0.717, 1.165) is 53.9 Å². The van der Waals surface area contributed by atoms with E-state index in [1.807, 2.05) is 6.07 Å². The largest absolute Gasteiger partial charge is 0.378 e. The second-order valence-electron chi connectivity index (χ2n) is 6.58. The minimum atomic E-state index is -0.469. The summed E-state index contributed by atoms with van der Waals surface area (Å²) in [5, 5.41) is 8.16. The van der Waals surface area contributed by atoms with Crippen molar-refractivity contribution in [3.05, 3.63) is 42.0 Å². The Balaban J connectivity index is 1.58. The van der Waals surface area contributed by atoms with Gasteiger partial charge in [0.25, 0.3) is 0 Å². The minimum Gasteiger partial charge on any atom is -0.378 e. The zero-order chi connectivity index (χ0) is 18.4. The molecule has 0 bridgehead atoms. The number of morpholine rings is 1. The van der Waals surface area contributed by atoms with Crippen molar-refractivity contribution in [2.45, 2.75) is 0 Å². The maximum Gasteiger partial charge on any atom is 0.248 e. The van der Waals surface area contributed by atoms with Crippen molar-refractivity contribution >= 4 is 33.5 Å². The van der Waals surface area contributed by atoms with Gasteiger partial charge in [0.15, 0.2) is 5.82 Å². The molecular formula is C19H18N6O2. The Hall–Kier alpha value is -3.39. The number of imidazole rings is 1. The van der Waals surface area contributed by atoms with Gasteiger partial charge in [-0.15, -0.1) is 0 Å². The van der Waals surface area contributed by atoms with E-state index < -0.39 is 5.91 Å². The molecule has 0 atom stereocenters. The number of carbonyl (C=O) groups excluding carboxylic acids is 1. The molecule has 27 heavy (non-hydrogen) atoms. The number of amides is 1. The molecule has 0 aliphatic carbocycles. The van der Waals surface area contributed by atoms with Crippen molar-refractivity contribution < 1.29 is 9.53 Å². The molecular weight excluding hydrogens is 344 g/mol. The smallest absolute Gasteiger partial charge is 0.248 e. The van der Waals surface area contributed by atoms with Gasteiger partial charge in [0.2, 0.25) is 5.91 Å². The predicted octanol–water partition coefficient (Wildman–Crippen LogP) is 2.04. The average molecular weight is 362 g/mol. The van der Waals surface area contributed by atoms with Crippen LogP contribution >= 0.6 is 0 Å². The molecule has 5 rings (SSSR count). The molecule has 8 nitrogen and oxygen atoms in total. The lowest BCUT2D eigenvalue weighted by Gasteiger charge is -2.28. The average Bonchev–Trinajstić information content (AvgIpc) is 3.31. The highest BCUT2D eigenvalue weighted by Gasteiger charge is 2.16. The molecule has 1 amide bonds. The Morgan fingerprint density at radius 2 is 1.96 bits per heavy atom. The third-order valence-corrected chi connectivity index (χ3v) is 4.91. The molecule has 1 aliphatic rings. The molecule has 1 saturated heterocycles. The molecule has 4 N–H and O–H groups in total. The zero-order valence-corrected chi connectivity index (χ0v) is 14.5. The molecule has 4 aromatic rings. The molecule has 0 spiro atoms.